The predicted octanol–water partition coefficient (Wildman–Crippen LogP) is 3.20. The first-order valence-electron chi connectivity index (χ1n) is 7.53. The van der Waals surface area contributed by atoms with E-state index in [0.29, 0.717) is 12.1 Å². The molecule has 0 spiro atoms. The van der Waals surface area contributed by atoms with Gasteiger partial charge in [-0.05, 0) is 31.7 Å². The van der Waals surface area contributed by atoms with Crippen molar-refractivity contribution in [1.82, 2.24) is 4.90 Å². The number of hydrogen-bond acceptors (Lipinski definition) is 2. The van der Waals surface area contributed by atoms with Gasteiger partial charge in [0.05, 0.1) is 6.61 Å². The zero-order chi connectivity index (χ0) is 13.9. The minimum Gasteiger partial charge on any atom is -0.395 e. The van der Waals surface area contributed by atoms with Crippen molar-refractivity contribution in [3.8, 4) is 0 Å². The second-order valence-corrected chi connectivity index (χ2v) is 6.25. The zero-order valence-electron chi connectivity index (χ0n) is 12.5. The van der Waals surface area contributed by atoms with Gasteiger partial charge >= 0.3 is 0 Å². The van der Waals surface area contributed by atoms with Crippen LogP contribution in [0.5, 0.6) is 0 Å². The smallest absolute Gasteiger partial charge is 0.0537 e. The molecular formula is C17H27NO. The Hall–Kier alpha value is -0.860. The fourth-order valence-corrected chi connectivity index (χ4v) is 3.32. The molecule has 19 heavy (non-hydrogen) atoms. The van der Waals surface area contributed by atoms with Crippen LogP contribution in [-0.2, 0) is 5.41 Å². The lowest BCUT2D eigenvalue weighted by molar-refractivity contribution is 0.112. The molecule has 0 bridgehead atoms. The highest BCUT2D eigenvalue weighted by Crippen LogP contribution is 2.32. The molecule has 2 rings (SSSR count). The first-order valence-corrected chi connectivity index (χ1v) is 7.53. The molecule has 1 heterocycles. The van der Waals surface area contributed by atoms with Crippen molar-refractivity contribution in [2.75, 3.05) is 13.2 Å². The topological polar surface area (TPSA) is 23.5 Å². The van der Waals surface area contributed by atoms with Gasteiger partial charge in [0.15, 0.2) is 0 Å². The zero-order valence-corrected chi connectivity index (χ0v) is 12.5. The number of nitrogens with zero attached hydrogens (tertiary/aromatic N) is 1. The molecule has 1 aliphatic heterocycles. The van der Waals surface area contributed by atoms with Crippen molar-refractivity contribution in [1.29, 1.82) is 0 Å². The average Bonchev–Trinajstić information content (AvgIpc) is 2.80. The monoisotopic (exact) mass is 261 g/mol. The molecule has 106 valence electrons. The standard InChI is InChI=1S/C17H27NO/c1-4-16-11-10-14(2)18(16)12-17(3,13-19)15-8-6-5-7-9-15/h5-9,14,16,19H,4,10-13H2,1-3H3. The van der Waals surface area contributed by atoms with E-state index < -0.39 is 0 Å². The Morgan fingerprint density at radius 2 is 1.95 bits per heavy atom. The summed E-state index contributed by atoms with van der Waals surface area (Å²) in [4.78, 5) is 2.60. The summed E-state index contributed by atoms with van der Waals surface area (Å²) in [5.74, 6) is 0. The van der Waals surface area contributed by atoms with Crippen LogP contribution < -0.4 is 0 Å². The third kappa shape index (κ3) is 3.01. The summed E-state index contributed by atoms with van der Waals surface area (Å²) in [5, 5.41) is 9.92. The minimum absolute atomic E-state index is 0.159. The van der Waals surface area contributed by atoms with Gasteiger partial charge in [-0.25, -0.2) is 0 Å². The van der Waals surface area contributed by atoms with E-state index in [0.717, 1.165) is 6.54 Å². The summed E-state index contributed by atoms with van der Waals surface area (Å²) in [6.07, 6.45) is 3.80. The summed E-state index contributed by atoms with van der Waals surface area (Å²) in [7, 11) is 0. The molecule has 1 aromatic rings. The van der Waals surface area contributed by atoms with Crippen LogP contribution in [-0.4, -0.2) is 35.2 Å². The van der Waals surface area contributed by atoms with Crippen molar-refractivity contribution in [2.45, 2.75) is 57.5 Å². The van der Waals surface area contributed by atoms with E-state index in [1.807, 2.05) is 6.07 Å². The van der Waals surface area contributed by atoms with Gasteiger partial charge in [-0.15, -0.1) is 0 Å². The van der Waals surface area contributed by atoms with E-state index >= 15 is 0 Å². The summed E-state index contributed by atoms with van der Waals surface area (Å²) >= 11 is 0. The normalized spacial score (nSPS) is 27.4. The quantitative estimate of drug-likeness (QED) is 0.880. The third-order valence-electron chi connectivity index (χ3n) is 4.78. The molecule has 2 nitrogen and oxygen atoms in total. The van der Waals surface area contributed by atoms with Gasteiger partial charge in [0.25, 0.3) is 0 Å². The van der Waals surface area contributed by atoms with Crippen LogP contribution in [0.2, 0.25) is 0 Å². The molecule has 2 heteroatoms. The van der Waals surface area contributed by atoms with Crippen LogP contribution in [0.4, 0.5) is 0 Å². The van der Waals surface area contributed by atoms with Crippen molar-refractivity contribution in [2.24, 2.45) is 0 Å². The number of benzene rings is 1. The highest BCUT2D eigenvalue weighted by atomic mass is 16.3. The number of hydrogen-bond donors (Lipinski definition) is 1. The Balaban J connectivity index is 2.18. The van der Waals surface area contributed by atoms with E-state index in [2.05, 4.69) is 49.9 Å². The molecule has 0 saturated carbocycles. The van der Waals surface area contributed by atoms with Gasteiger partial charge in [-0.1, -0.05) is 44.2 Å². The number of aliphatic hydroxyl groups is 1. The summed E-state index contributed by atoms with van der Waals surface area (Å²) in [5.41, 5.74) is 1.08. The van der Waals surface area contributed by atoms with E-state index in [9.17, 15) is 5.11 Å². The lowest BCUT2D eigenvalue weighted by Crippen LogP contribution is -2.46. The fourth-order valence-electron chi connectivity index (χ4n) is 3.32. The molecule has 3 atom stereocenters. The van der Waals surface area contributed by atoms with E-state index in [1.165, 1.54) is 24.8 Å². The Morgan fingerprint density at radius 1 is 1.26 bits per heavy atom. The molecule has 0 aromatic heterocycles. The maximum absolute atomic E-state index is 9.92. The first-order chi connectivity index (χ1) is 9.10. The van der Waals surface area contributed by atoms with Crippen LogP contribution in [0, 0.1) is 0 Å². The second-order valence-electron chi connectivity index (χ2n) is 6.25. The Bertz CT molecular complexity index is 392. The molecule has 3 unspecified atom stereocenters. The summed E-state index contributed by atoms with van der Waals surface area (Å²) in [6, 6.07) is 11.8. The minimum atomic E-state index is -0.159. The Labute approximate surface area is 117 Å². The van der Waals surface area contributed by atoms with Gasteiger partial charge in [0.1, 0.15) is 0 Å². The lowest BCUT2D eigenvalue weighted by Gasteiger charge is -2.37. The molecule has 0 aliphatic carbocycles. The predicted molar refractivity (Wildman–Crippen MR) is 80.4 cm³/mol. The van der Waals surface area contributed by atoms with Crippen molar-refractivity contribution >= 4 is 0 Å². The molecule has 1 fully saturated rings. The number of aliphatic hydroxyl groups excluding tert-OH is 1. The largest absolute Gasteiger partial charge is 0.395 e. The SMILES string of the molecule is CCC1CCC(C)N1CC(C)(CO)c1ccccc1. The van der Waals surface area contributed by atoms with Gasteiger partial charge in [-0.3, -0.25) is 4.90 Å². The lowest BCUT2D eigenvalue weighted by atomic mass is 9.82. The molecule has 0 radical (unpaired) electrons. The Morgan fingerprint density at radius 3 is 2.53 bits per heavy atom. The molecule has 1 N–H and O–H groups in total. The third-order valence-corrected chi connectivity index (χ3v) is 4.78. The van der Waals surface area contributed by atoms with Gasteiger partial charge in [-0.2, -0.15) is 0 Å². The van der Waals surface area contributed by atoms with E-state index in [4.69, 9.17) is 0 Å². The fraction of sp³-hybridized carbons (Fsp3) is 0.647. The molecule has 1 saturated heterocycles. The van der Waals surface area contributed by atoms with Crippen molar-refractivity contribution in [3.05, 3.63) is 35.9 Å². The van der Waals surface area contributed by atoms with Gasteiger partial charge in [0.2, 0.25) is 0 Å². The molecular weight excluding hydrogens is 234 g/mol. The molecule has 0 amide bonds. The molecule has 1 aliphatic rings. The van der Waals surface area contributed by atoms with Crippen molar-refractivity contribution in [3.63, 3.8) is 0 Å². The van der Waals surface area contributed by atoms with Crippen LogP contribution in [0.25, 0.3) is 0 Å². The van der Waals surface area contributed by atoms with Crippen LogP contribution in [0.15, 0.2) is 30.3 Å². The van der Waals surface area contributed by atoms with E-state index in [-0.39, 0.29) is 12.0 Å². The first kappa shape index (κ1) is 14.5. The second kappa shape index (κ2) is 6.06. The van der Waals surface area contributed by atoms with Crippen LogP contribution in [0.1, 0.15) is 45.6 Å². The maximum Gasteiger partial charge on any atom is 0.0537 e. The Kier molecular flexibility index (Phi) is 4.64. The average molecular weight is 261 g/mol. The maximum atomic E-state index is 9.92. The van der Waals surface area contributed by atoms with Gasteiger partial charge < -0.3 is 5.11 Å². The van der Waals surface area contributed by atoms with Crippen LogP contribution in [0.3, 0.4) is 0 Å². The molecule has 1 aromatic carbocycles. The van der Waals surface area contributed by atoms with Gasteiger partial charge in [0, 0.05) is 24.0 Å². The summed E-state index contributed by atoms with van der Waals surface area (Å²) in [6.45, 7) is 7.93. The summed E-state index contributed by atoms with van der Waals surface area (Å²) < 4.78 is 0. The highest BCUT2D eigenvalue weighted by molar-refractivity contribution is 5.25. The number of rotatable bonds is 5. The van der Waals surface area contributed by atoms with Crippen LogP contribution >= 0.6 is 0 Å². The van der Waals surface area contributed by atoms with E-state index in [1.54, 1.807) is 0 Å². The van der Waals surface area contributed by atoms with Crippen molar-refractivity contribution < 1.29 is 5.11 Å². The number of likely N-dealkylation sites (tertiary alicyclic amines) is 1. The highest BCUT2D eigenvalue weighted by Gasteiger charge is 2.36.